The number of hydrogen-bond donors (Lipinski definition) is 2. The van der Waals surface area contributed by atoms with E-state index in [4.69, 9.17) is 10.5 Å². The van der Waals surface area contributed by atoms with Crippen LogP contribution in [-0.4, -0.2) is 63.7 Å². The number of alkyl halides is 1. The zero-order valence-corrected chi connectivity index (χ0v) is 17.2. The van der Waals surface area contributed by atoms with Gasteiger partial charge in [0.1, 0.15) is 12.4 Å². The summed E-state index contributed by atoms with van der Waals surface area (Å²) in [4.78, 5) is 28.3. The first-order valence-corrected chi connectivity index (χ1v) is 10.6. The number of nitrogens with two attached hydrogens (primary N) is 1. The van der Waals surface area contributed by atoms with Crippen molar-refractivity contribution in [3.63, 3.8) is 0 Å². The maximum Gasteiger partial charge on any atom is 0.320 e. The van der Waals surface area contributed by atoms with Gasteiger partial charge in [-0.3, -0.25) is 4.39 Å². The molecular formula is C22H25FN6O2. The molecule has 162 valence electrons. The molecule has 0 spiro atoms. The first-order chi connectivity index (χ1) is 15.1. The maximum atomic E-state index is 13.1. The Kier molecular flexibility index (Phi) is 5.09. The number of likely N-dealkylation sites (tertiary alicyclic amines) is 1. The smallest absolute Gasteiger partial charge is 0.320 e. The number of hydrogen-bond acceptors (Lipinski definition) is 5. The Hall–Kier alpha value is -3.36. The van der Waals surface area contributed by atoms with Gasteiger partial charge in [0.15, 0.2) is 11.6 Å². The Bertz CT molecular complexity index is 1110. The number of anilines is 1. The van der Waals surface area contributed by atoms with Gasteiger partial charge in [-0.2, -0.15) is 4.98 Å². The molecule has 3 N–H and O–H groups in total. The Labute approximate surface area is 179 Å². The third kappa shape index (κ3) is 3.87. The fraction of sp³-hybridized carbons (Fsp3) is 0.409. The van der Waals surface area contributed by atoms with Crippen LogP contribution in [0.15, 0.2) is 30.5 Å². The van der Waals surface area contributed by atoms with Crippen molar-refractivity contribution < 1.29 is 13.9 Å². The molecule has 2 aliphatic heterocycles. The lowest BCUT2D eigenvalue weighted by Gasteiger charge is -2.34. The molecular weight excluding hydrogens is 399 g/mol. The van der Waals surface area contributed by atoms with Gasteiger partial charge >= 0.3 is 6.03 Å². The molecule has 8 nitrogen and oxygen atoms in total. The molecule has 2 aromatic heterocycles. The minimum Gasteiger partial charge on any atom is -0.491 e. The highest BCUT2D eigenvalue weighted by atomic mass is 19.1. The number of amides is 2. The van der Waals surface area contributed by atoms with Crippen molar-refractivity contribution in [2.45, 2.75) is 19.4 Å². The van der Waals surface area contributed by atoms with Crippen LogP contribution in [0, 0.1) is 5.92 Å². The van der Waals surface area contributed by atoms with Crippen molar-refractivity contribution in [2.24, 2.45) is 5.92 Å². The number of benzene rings is 1. The van der Waals surface area contributed by atoms with Gasteiger partial charge in [0.05, 0.1) is 25.3 Å². The van der Waals surface area contributed by atoms with E-state index in [0.29, 0.717) is 44.4 Å². The summed E-state index contributed by atoms with van der Waals surface area (Å²) in [5, 5.41) is 0. The number of nitrogen functional groups attached to an aromatic ring is 1. The van der Waals surface area contributed by atoms with Gasteiger partial charge in [-0.1, -0.05) is 6.07 Å². The highest BCUT2D eigenvalue weighted by Crippen LogP contribution is 2.31. The maximum absolute atomic E-state index is 13.1. The number of halogens is 1. The lowest BCUT2D eigenvalue weighted by Crippen LogP contribution is -2.47. The summed E-state index contributed by atoms with van der Waals surface area (Å²) in [6.45, 7) is 2.35. The Morgan fingerprint density at radius 3 is 2.84 bits per heavy atom. The number of fused-ring (bicyclic) bond motifs is 2. The van der Waals surface area contributed by atoms with Crippen LogP contribution in [0.3, 0.4) is 0 Å². The summed E-state index contributed by atoms with van der Waals surface area (Å²) in [5.74, 6) is 1.20. The summed E-state index contributed by atoms with van der Waals surface area (Å²) in [7, 11) is 0. The molecule has 3 aromatic rings. The molecule has 0 aliphatic carbocycles. The highest BCUT2D eigenvalue weighted by molar-refractivity contribution is 5.80. The first kappa shape index (κ1) is 19.6. The Balaban J connectivity index is 1.37. The molecule has 0 radical (unpaired) electrons. The molecule has 31 heavy (non-hydrogen) atoms. The van der Waals surface area contributed by atoms with E-state index >= 15 is 0 Å². The van der Waals surface area contributed by atoms with Crippen LogP contribution < -0.4 is 10.5 Å². The summed E-state index contributed by atoms with van der Waals surface area (Å²) < 4.78 is 18.8. The van der Waals surface area contributed by atoms with Crippen molar-refractivity contribution in [3.05, 3.63) is 36.0 Å². The number of carbonyl (C=O) groups is 1. The number of imidazole rings is 1. The van der Waals surface area contributed by atoms with Gasteiger partial charge in [0, 0.05) is 30.4 Å². The van der Waals surface area contributed by atoms with Crippen molar-refractivity contribution in [2.75, 3.05) is 38.6 Å². The molecule has 2 amide bonds. The van der Waals surface area contributed by atoms with E-state index in [0.717, 1.165) is 40.8 Å². The molecule has 1 fully saturated rings. The van der Waals surface area contributed by atoms with E-state index in [1.54, 1.807) is 6.20 Å². The summed E-state index contributed by atoms with van der Waals surface area (Å²) in [6, 6.07) is 7.93. The predicted octanol–water partition coefficient (Wildman–Crippen LogP) is 3.20. The second-order valence-corrected chi connectivity index (χ2v) is 8.18. The topological polar surface area (TPSA) is 100 Å². The van der Waals surface area contributed by atoms with E-state index in [1.807, 2.05) is 34.1 Å². The zero-order valence-electron chi connectivity index (χ0n) is 17.2. The number of piperidine rings is 1. The van der Waals surface area contributed by atoms with Crippen LogP contribution in [0.5, 0.6) is 5.75 Å². The van der Waals surface area contributed by atoms with Crippen LogP contribution in [0.2, 0.25) is 0 Å². The Morgan fingerprint density at radius 2 is 2.03 bits per heavy atom. The van der Waals surface area contributed by atoms with Crippen LogP contribution >= 0.6 is 0 Å². The molecule has 0 saturated carbocycles. The van der Waals surface area contributed by atoms with Crippen LogP contribution in [0.25, 0.3) is 22.3 Å². The number of carbonyl (C=O) groups excluding carboxylic acids is 1. The van der Waals surface area contributed by atoms with Crippen molar-refractivity contribution in [1.29, 1.82) is 0 Å². The molecule has 9 heteroatoms. The van der Waals surface area contributed by atoms with Gasteiger partial charge < -0.3 is 25.3 Å². The number of urea groups is 1. The third-order valence-corrected chi connectivity index (χ3v) is 6.10. The number of H-pyrrole nitrogens is 1. The number of nitrogens with one attached hydrogen (secondary N) is 1. The van der Waals surface area contributed by atoms with Crippen molar-refractivity contribution >= 4 is 23.1 Å². The van der Waals surface area contributed by atoms with E-state index in [1.165, 1.54) is 0 Å². The monoisotopic (exact) mass is 424 g/mol. The second kappa shape index (κ2) is 8.05. The van der Waals surface area contributed by atoms with Gasteiger partial charge in [0.2, 0.25) is 0 Å². The molecule has 4 heterocycles. The summed E-state index contributed by atoms with van der Waals surface area (Å²) in [5.41, 5.74) is 9.93. The predicted molar refractivity (Wildman–Crippen MR) is 115 cm³/mol. The van der Waals surface area contributed by atoms with Crippen molar-refractivity contribution in [3.8, 4) is 16.9 Å². The zero-order chi connectivity index (χ0) is 21.4. The minimum absolute atomic E-state index is 0.00446. The highest BCUT2D eigenvalue weighted by Gasteiger charge is 2.28. The number of aromatic amines is 1. The molecule has 1 aromatic carbocycles. The number of aromatic nitrogens is 3. The average molecular weight is 424 g/mol. The third-order valence-electron chi connectivity index (χ3n) is 6.10. The van der Waals surface area contributed by atoms with Gasteiger partial charge in [-0.25, -0.2) is 9.78 Å². The fourth-order valence-corrected chi connectivity index (χ4v) is 4.29. The van der Waals surface area contributed by atoms with Crippen LogP contribution in [-0.2, 0) is 6.54 Å². The number of pyridine rings is 1. The average Bonchev–Trinajstić information content (AvgIpc) is 3.04. The molecule has 0 bridgehead atoms. The number of nitrogens with zero attached hydrogens (tertiary/aromatic N) is 4. The van der Waals surface area contributed by atoms with Crippen molar-refractivity contribution in [1.82, 2.24) is 24.8 Å². The van der Waals surface area contributed by atoms with E-state index < -0.39 is 0 Å². The molecule has 0 unspecified atom stereocenters. The summed E-state index contributed by atoms with van der Waals surface area (Å²) in [6.07, 6.45) is 3.21. The lowest BCUT2D eigenvalue weighted by atomic mass is 9.99. The van der Waals surface area contributed by atoms with E-state index in [2.05, 4.69) is 15.0 Å². The van der Waals surface area contributed by atoms with Gasteiger partial charge in [0.25, 0.3) is 0 Å². The number of ether oxygens (including phenoxy) is 1. The van der Waals surface area contributed by atoms with Gasteiger partial charge in [-0.15, -0.1) is 0 Å². The molecule has 1 saturated heterocycles. The minimum atomic E-state index is -0.304. The lowest BCUT2D eigenvalue weighted by molar-refractivity contribution is 0.122. The quantitative estimate of drug-likeness (QED) is 0.658. The standard InChI is InChI=1S/C22H25FN6O2/c23-11-14-3-5-28(6-4-14)22(30)29-7-8-31-19-2-1-15(9-17(19)13-29)16-10-18-20(25-12-16)27-21(24)26-18/h1-2,9-10,12,14H,3-8,11,13H2,(H3,24,25,26,27). The number of rotatable bonds is 2. The van der Waals surface area contributed by atoms with E-state index in [9.17, 15) is 9.18 Å². The normalized spacial score (nSPS) is 17.3. The Morgan fingerprint density at radius 1 is 1.19 bits per heavy atom. The van der Waals surface area contributed by atoms with Crippen LogP contribution in [0.4, 0.5) is 15.1 Å². The molecule has 0 atom stereocenters. The fourth-order valence-electron chi connectivity index (χ4n) is 4.29. The molecule has 5 rings (SSSR count). The van der Waals surface area contributed by atoms with Crippen LogP contribution in [0.1, 0.15) is 18.4 Å². The largest absolute Gasteiger partial charge is 0.491 e. The summed E-state index contributed by atoms with van der Waals surface area (Å²) >= 11 is 0. The van der Waals surface area contributed by atoms with E-state index in [-0.39, 0.29) is 18.6 Å². The second-order valence-electron chi connectivity index (χ2n) is 8.18. The molecule has 2 aliphatic rings. The first-order valence-electron chi connectivity index (χ1n) is 10.6. The van der Waals surface area contributed by atoms with Gasteiger partial charge in [-0.05, 0) is 42.5 Å². The SMILES string of the molecule is Nc1nc2ncc(-c3ccc4c(c3)CN(C(=O)N3CCC(CF)CC3)CCO4)cc2[nH]1.